The van der Waals surface area contributed by atoms with E-state index in [4.69, 9.17) is 0 Å². The van der Waals surface area contributed by atoms with Gasteiger partial charge in [0, 0.05) is 5.41 Å². The van der Waals surface area contributed by atoms with Crippen LogP contribution in [-0.4, -0.2) is 0 Å². The smallest absolute Gasteiger partial charge is 0.0146 e. The summed E-state index contributed by atoms with van der Waals surface area (Å²) in [6.07, 6.45) is 8.20. The van der Waals surface area contributed by atoms with Crippen LogP contribution >= 0.6 is 0 Å². The first-order chi connectivity index (χ1) is 10.4. The second kappa shape index (κ2) is 12.0. The second-order valence-electron chi connectivity index (χ2n) is 5.28. The molecule has 0 aromatic heterocycles. The third-order valence-corrected chi connectivity index (χ3v) is 3.59. The van der Waals surface area contributed by atoms with Gasteiger partial charge in [-0.15, -0.1) is 0 Å². The predicted molar refractivity (Wildman–Crippen MR) is 105 cm³/mol. The molecule has 0 fully saturated rings. The SMILES string of the molecule is C=C/C=C(\C=C/C)C(C)(C)c1ccc(C)c(C)c1.CC.CC. The monoisotopic (exact) mass is 300 g/mol. The van der Waals surface area contributed by atoms with Crippen molar-refractivity contribution in [1.29, 1.82) is 0 Å². The summed E-state index contributed by atoms with van der Waals surface area (Å²) in [6, 6.07) is 6.71. The zero-order valence-corrected chi connectivity index (χ0v) is 16.2. The molecule has 0 aliphatic rings. The molecular weight excluding hydrogens is 264 g/mol. The Labute approximate surface area is 139 Å². The largest absolute Gasteiger partial charge is 0.0991 e. The summed E-state index contributed by atoms with van der Waals surface area (Å²) in [7, 11) is 0. The van der Waals surface area contributed by atoms with Gasteiger partial charge in [-0.3, -0.25) is 0 Å². The van der Waals surface area contributed by atoms with Gasteiger partial charge in [0.05, 0.1) is 0 Å². The van der Waals surface area contributed by atoms with Gasteiger partial charge in [0.2, 0.25) is 0 Å². The van der Waals surface area contributed by atoms with Gasteiger partial charge in [-0.2, -0.15) is 0 Å². The fourth-order valence-electron chi connectivity index (χ4n) is 2.08. The number of allylic oxidation sites excluding steroid dienone is 5. The molecule has 0 heterocycles. The lowest BCUT2D eigenvalue weighted by molar-refractivity contribution is 0.638. The summed E-state index contributed by atoms with van der Waals surface area (Å²) in [5, 5.41) is 0. The Bertz CT molecular complexity index is 485. The summed E-state index contributed by atoms with van der Waals surface area (Å²) in [5.74, 6) is 0. The van der Waals surface area contributed by atoms with E-state index in [1.54, 1.807) is 0 Å². The van der Waals surface area contributed by atoms with Crippen LogP contribution < -0.4 is 0 Å². The lowest BCUT2D eigenvalue weighted by Gasteiger charge is -2.28. The van der Waals surface area contributed by atoms with Crippen molar-refractivity contribution in [2.75, 3.05) is 0 Å². The normalized spacial score (nSPS) is 11.2. The molecule has 0 heteroatoms. The third kappa shape index (κ3) is 6.47. The molecule has 0 aliphatic carbocycles. The summed E-state index contributed by atoms with van der Waals surface area (Å²) >= 11 is 0. The second-order valence-corrected chi connectivity index (χ2v) is 5.28. The highest BCUT2D eigenvalue weighted by Crippen LogP contribution is 2.33. The first kappa shape index (κ1) is 22.7. The van der Waals surface area contributed by atoms with Gasteiger partial charge in [-0.05, 0) is 43.0 Å². The van der Waals surface area contributed by atoms with Gasteiger partial charge in [0.25, 0.3) is 0 Å². The van der Waals surface area contributed by atoms with Gasteiger partial charge in [0.15, 0.2) is 0 Å². The lowest BCUT2D eigenvalue weighted by atomic mass is 9.76. The molecule has 0 amide bonds. The molecule has 0 saturated carbocycles. The van der Waals surface area contributed by atoms with E-state index in [0.717, 1.165) is 0 Å². The van der Waals surface area contributed by atoms with Crippen LogP contribution in [0, 0.1) is 13.8 Å². The van der Waals surface area contributed by atoms with Crippen molar-refractivity contribution in [2.24, 2.45) is 0 Å². The van der Waals surface area contributed by atoms with E-state index in [9.17, 15) is 0 Å². The fraction of sp³-hybridized carbons (Fsp3) is 0.455. The topological polar surface area (TPSA) is 0 Å². The van der Waals surface area contributed by atoms with Gasteiger partial charge in [-0.25, -0.2) is 0 Å². The van der Waals surface area contributed by atoms with E-state index in [1.165, 1.54) is 22.3 Å². The first-order valence-electron chi connectivity index (χ1n) is 8.47. The summed E-state index contributed by atoms with van der Waals surface area (Å²) < 4.78 is 0. The van der Waals surface area contributed by atoms with Crippen molar-refractivity contribution in [1.82, 2.24) is 0 Å². The fourth-order valence-corrected chi connectivity index (χ4v) is 2.08. The molecule has 0 spiro atoms. The van der Waals surface area contributed by atoms with E-state index in [2.05, 4.69) is 70.7 Å². The third-order valence-electron chi connectivity index (χ3n) is 3.59. The number of benzene rings is 1. The Morgan fingerprint density at radius 1 is 1.00 bits per heavy atom. The van der Waals surface area contributed by atoms with Gasteiger partial charge < -0.3 is 0 Å². The molecule has 0 atom stereocenters. The molecule has 0 unspecified atom stereocenters. The van der Waals surface area contributed by atoms with E-state index in [0.29, 0.717) is 0 Å². The Balaban J connectivity index is 0. The molecule has 22 heavy (non-hydrogen) atoms. The predicted octanol–water partition coefficient (Wildman–Crippen LogP) is 7.32. The molecule has 1 rings (SSSR count). The Morgan fingerprint density at radius 3 is 1.95 bits per heavy atom. The highest BCUT2D eigenvalue weighted by molar-refractivity contribution is 5.44. The van der Waals surface area contributed by atoms with Crippen molar-refractivity contribution in [3.8, 4) is 0 Å². The van der Waals surface area contributed by atoms with Crippen LogP contribution in [0.15, 0.2) is 54.7 Å². The van der Waals surface area contributed by atoms with E-state index < -0.39 is 0 Å². The van der Waals surface area contributed by atoms with Crippen molar-refractivity contribution >= 4 is 0 Å². The van der Waals surface area contributed by atoms with E-state index in [1.807, 2.05) is 40.7 Å². The lowest BCUT2D eigenvalue weighted by Crippen LogP contribution is -2.19. The Hall–Kier alpha value is -1.56. The molecule has 0 nitrogen and oxygen atoms in total. The summed E-state index contributed by atoms with van der Waals surface area (Å²) in [5.41, 5.74) is 5.31. The van der Waals surface area contributed by atoms with Crippen LogP contribution in [0.1, 0.15) is 65.2 Å². The van der Waals surface area contributed by atoms with Crippen molar-refractivity contribution in [3.05, 3.63) is 71.3 Å². The van der Waals surface area contributed by atoms with Crippen LogP contribution in [-0.2, 0) is 5.41 Å². The van der Waals surface area contributed by atoms with Crippen LogP contribution in [0.4, 0.5) is 0 Å². The standard InChI is InChI=1S/C18H24.2C2H6/c1-7-9-16(10-8-2)18(5,6)17-12-11-14(3)15(4)13-17;2*1-2/h7-13H,1H2,2-6H3;2*1-2H3/b10-8-,16-9+;;. The molecule has 0 N–H and O–H groups in total. The van der Waals surface area contributed by atoms with Gasteiger partial charge in [0.1, 0.15) is 0 Å². The zero-order chi connectivity index (χ0) is 17.8. The summed E-state index contributed by atoms with van der Waals surface area (Å²) in [4.78, 5) is 0. The maximum atomic E-state index is 3.81. The van der Waals surface area contributed by atoms with Gasteiger partial charge in [-0.1, -0.05) is 90.6 Å². The van der Waals surface area contributed by atoms with Crippen LogP contribution in [0.2, 0.25) is 0 Å². The Morgan fingerprint density at radius 2 is 1.55 bits per heavy atom. The quantitative estimate of drug-likeness (QED) is 0.511. The average Bonchev–Trinajstić information content (AvgIpc) is 2.53. The van der Waals surface area contributed by atoms with E-state index in [-0.39, 0.29) is 5.41 Å². The minimum Gasteiger partial charge on any atom is -0.0991 e. The molecule has 0 aliphatic heterocycles. The molecule has 0 bridgehead atoms. The molecule has 0 radical (unpaired) electrons. The number of hydrogen-bond acceptors (Lipinski definition) is 0. The minimum absolute atomic E-state index is 0.000833. The van der Waals surface area contributed by atoms with Crippen LogP contribution in [0.5, 0.6) is 0 Å². The zero-order valence-electron chi connectivity index (χ0n) is 16.2. The first-order valence-corrected chi connectivity index (χ1v) is 8.47. The Kier molecular flexibility index (Phi) is 12.4. The number of rotatable bonds is 4. The molecule has 1 aromatic rings. The molecule has 0 saturated heterocycles. The van der Waals surface area contributed by atoms with Crippen LogP contribution in [0.3, 0.4) is 0 Å². The van der Waals surface area contributed by atoms with Gasteiger partial charge >= 0.3 is 0 Å². The van der Waals surface area contributed by atoms with E-state index >= 15 is 0 Å². The maximum absolute atomic E-state index is 3.81. The number of hydrogen-bond donors (Lipinski definition) is 0. The van der Waals surface area contributed by atoms with Crippen LogP contribution in [0.25, 0.3) is 0 Å². The minimum atomic E-state index is -0.000833. The summed E-state index contributed by atoms with van der Waals surface area (Å²) in [6.45, 7) is 22.7. The molecule has 1 aromatic carbocycles. The number of aryl methyl sites for hydroxylation is 2. The highest BCUT2D eigenvalue weighted by Gasteiger charge is 2.23. The van der Waals surface area contributed by atoms with Crippen molar-refractivity contribution in [2.45, 2.75) is 67.7 Å². The maximum Gasteiger partial charge on any atom is 0.0146 e. The van der Waals surface area contributed by atoms with Crippen molar-refractivity contribution < 1.29 is 0 Å². The highest BCUT2D eigenvalue weighted by atomic mass is 14.3. The molecular formula is C22H36. The van der Waals surface area contributed by atoms with Crippen molar-refractivity contribution in [3.63, 3.8) is 0 Å². The molecule has 124 valence electrons. The average molecular weight is 301 g/mol.